The zero-order valence-electron chi connectivity index (χ0n) is 27.5. The lowest BCUT2D eigenvalue weighted by molar-refractivity contribution is -0.136. The Morgan fingerprint density at radius 3 is 2.61 bits per heavy atom. The summed E-state index contributed by atoms with van der Waals surface area (Å²) in [5.74, 6) is 0.595. The van der Waals surface area contributed by atoms with Crippen molar-refractivity contribution in [3.8, 4) is 27.4 Å². The van der Waals surface area contributed by atoms with Gasteiger partial charge in [-0.3, -0.25) is 19.7 Å². The third-order valence-corrected chi connectivity index (χ3v) is 10.1. The molecule has 11 heteroatoms. The van der Waals surface area contributed by atoms with Crippen LogP contribution in [0.4, 0.5) is 5.82 Å². The molecule has 1 unspecified atom stereocenters. The molecule has 2 N–H and O–H groups in total. The lowest BCUT2D eigenvalue weighted by atomic mass is 10.0. The Balaban J connectivity index is 0.866. The van der Waals surface area contributed by atoms with E-state index < -0.39 is 11.9 Å². The first-order valence-electron chi connectivity index (χ1n) is 16.5. The van der Waals surface area contributed by atoms with Crippen LogP contribution in [0.15, 0.2) is 72.9 Å². The van der Waals surface area contributed by atoms with E-state index in [1.807, 2.05) is 25.4 Å². The Hall–Kier alpha value is -5.13. The number of rotatable bonds is 12. The number of nitrogens with one attached hydrogen (secondary N) is 2. The Morgan fingerprint density at radius 2 is 1.82 bits per heavy atom. The third kappa shape index (κ3) is 7.04. The minimum atomic E-state index is -0.629. The van der Waals surface area contributed by atoms with Gasteiger partial charge in [-0.2, -0.15) is 0 Å². The summed E-state index contributed by atoms with van der Waals surface area (Å²) < 4.78 is 12.9. The van der Waals surface area contributed by atoms with Crippen molar-refractivity contribution in [2.24, 2.45) is 0 Å². The summed E-state index contributed by atoms with van der Waals surface area (Å²) in [5, 5.41) is 6.41. The number of benzene rings is 3. The van der Waals surface area contributed by atoms with E-state index in [1.165, 1.54) is 20.7 Å². The van der Waals surface area contributed by atoms with Crippen LogP contribution in [0.5, 0.6) is 5.75 Å². The second-order valence-electron chi connectivity index (χ2n) is 12.3. The van der Waals surface area contributed by atoms with Gasteiger partial charge in [0.1, 0.15) is 29.2 Å². The highest BCUT2D eigenvalue weighted by Gasteiger charge is 2.39. The van der Waals surface area contributed by atoms with Crippen LogP contribution in [0, 0.1) is 6.92 Å². The van der Waals surface area contributed by atoms with Gasteiger partial charge in [0.05, 0.1) is 16.8 Å². The first-order valence-corrected chi connectivity index (χ1v) is 17.3. The van der Waals surface area contributed by atoms with Crippen LogP contribution in [0.25, 0.3) is 31.9 Å². The predicted octanol–water partition coefficient (Wildman–Crippen LogP) is 6.16. The molecule has 1 fully saturated rings. The van der Waals surface area contributed by atoms with E-state index in [-0.39, 0.29) is 18.2 Å². The maximum atomic E-state index is 12.9. The van der Waals surface area contributed by atoms with Crippen molar-refractivity contribution < 1.29 is 23.9 Å². The van der Waals surface area contributed by atoms with E-state index in [1.54, 1.807) is 23.5 Å². The number of imide groups is 1. The third-order valence-electron chi connectivity index (χ3n) is 9.01. The highest BCUT2D eigenvalue weighted by Crippen LogP contribution is 2.35. The molecule has 0 radical (unpaired) electrons. The van der Waals surface area contributed by atoms with Gasteiger partial charge in [0.25, 0.3) is 5.91 Å². The Labute approximate surface area is 288 Å². The number of hydrogen-bond acceptors (Lipinski definition) is 9. The molecule has 0 spiro atoms. The van der Waals surface area contributed by atoms with Crippen LogP contribution >= 0.6 is 11.3 Å². The summed E-state index contributed by atoms with van der Waals surface area (Å²) in [7, 11) is 1.86. The smallest absolute Gasteiger partial charge is 0.255 e. The number of aryl methyl sites for hydroxylation is 2. The van der Waals surface area contributed by atoms with Crippen molar-refractivity contribution >= 4 is 45.1 Å². The second-order valence-corrected chi connectivity index (χ2v) is 13.3. The SMILES string of the molecule is CNc1ccc(-c2ccc(-c3nc4ccc(CCCOCCOc5ccc6c(c5)CN(C5CCC(=O)NC5=O)C6=O)cc4s3)c(C)c2)cn1. The van der Waals surface area contributed by atoms with E-state index in [2.05, 4.69) is 65.0 Å². The molecule has 2 aliphatic rings. The minimum absolute atomic E-state index is 0.194. The minimum Gasteiger partial charge on any atom is -0.491 e. The molecule has 49 heavy (non-hydrogen) atoms. The maximum Gasteiger partial charge on any atom is 0.255 e. The van der Waals surface area contributed by atoms with E-state index >= 15 is 0 Å². The standard InChI is InChI=1S/C38H37N5O5S/c1-23-18-25(26-7-13-34(39-2)40-21-26)6-9-29(23)37-41-31-11-5-24(19-33(31)49-37)4-3-15-47-16-17-48-28-8-10-30-27(20-28)22-43(38(30)46)32-12-14-35(44)42-36(32)45/h5-11,13,18-21,32H,3-4,12,14-17,22H2,1-2H3,(H,39,40)(H,42,44,45). The fourth-order valence-corrected chi connectivity index (χ4v) is 7.49. The molecule has 3 aromatic carbocycles. The van der Waals surface area contributed by atoms with Crippen molar-refractivity contribution in [3.63, 3.8) is 0 Å². The predicted molar refractivity (Wildman–Crippen MR) is 190 cm³/mol. The number of amides is 3. The molecule has 2 aromatic heterocycles. The molecule has 3 amide bonds. The zero-order chi connectivity index (χ0) is 33.9. The van der Waals surface area contributed by atoms with Gasteiger partial charge < -0.3 is 19.7 Å². The number of ether oxygens (including phenoxy) is 2. The van der Waals surface area contributed by atoms with Crippen LogP contribution in [-0.4, -0.2) is 65.5 Å². The molecule has 4 heterocycles. The zero-order valence-corrected chi connectivity index (χ0v) is 28.3. The number of anilines is 1. The van der Waals surface area contributed by atoms with Crippen molar-refractivity contribution in [2.75, 3.05) is 32.2 Å². The quantitative estimate of drug-likeness (QED) is 0.119. The molecular formula is C38H37N5O5S. The lowest BCUT2D eigenvalue weighted by Gasteiger charge is -2.29. The first-order chi connectivity index (χ1) is 23.9. The van der Waals surface area contributed by atoms with Crippen LogP contribution in [0.1, 0.15) is 46.3 Å². The van der Waals surface area contributed by atoms with Gasteiger partial charge in [0, 0.05) is 49.5 Å². The van der Waals surface area contributed by atoms with Crippen molar-refractivity contribution in [2.45, 2.75) is 45.2 Å². The maximum absolute atomic E-state index is 12.9. The monoisotopic (exact) mass is 675 g/mol. The molecule has 5 aromatic rings. The summed E-state index contributed by atoms with van der Waals surface area (Å²) in [6.45, 7) is 3.91. The van der Waals surface area contributed by atoms with Gasteiger partial charge in [0.15, 0.2) is 0 Å². The molecule has 250 valence electrons. The summed E-state index contributed by atoms with van der Waals surface area (Å²) in [6, 6.07) is 21.7. The Bertz CT molecular complexity index is 2040. The number of piperidine rings is 1. The highest BCUT2D eigenvalue weighted by molar-refractivity contribution is 7.21. The van der Waals surface area contributed by atoms with Crippen LogP contribution < -0.4 is 15.4 Å². The summed E-state index contributed by atoms with van der Waals surface area (Å²) in [4.78, 5) is 47.6. The molecule has 2 aliphatic heterocycles. The number of aromatic nitrogens is 2. The number of hydrogen-bond donors (Lipinski definition) is 2. The van der Waals surface area contributed by atoms with Gasteiger partial charge >= 0.3 is 0 Å². The van der Waals surface area contributed by atoms with E-state index in [0.717, 1.165) is 51.4 Å². The number of pyridine rings is 1. The Kier molecular flexibility index (Phi) is 9.36. The largest absolute Gasteiger partial charge is 0.491 e. The molecule has 1 saturated heterocycles. The molecular weight excluding hydrogens is 639 g/mol. The van der Waals surface area contributed by atoms with Gasteiger partial charge in [-0.15, -0.1) is 11.3 Å². The van der Waals surface area contributed by atoms with Crippen LogP contribution in [0.2, 0.25) is 0 Å². The number of nitrogens with zero attached hydrogens (tertiary/aromatic N) is 3. The first kappa shape index (κ1) is 32.4. The summed E-state index contributed by atoms with van der Waals surface area (Å²) in [6.07, 6.45) is 4.25. The molecule has 10 nitrogen and oxygen atoms in total. The summed E-state index contributed by atoms with van der Waals surface area (Å²) in [5.41, 5.74) is 8.18. The second kappa shape index (κ2) is 14.2. The van der Waals surface area contributed by atoms with Gasteiger partial charge in [-0.25, -0.2) is 9.97 Å². The van der Waals surface area contributed by atoms with E-state index in [0.29, 0.717) is 44.1 Å². The van der Waals surface area contributed by atoms with Crippen LogP contribution in [-0.2, 0) is 27.3 Å². The highest BCUT2D eigenvalue weighted by atomic mass is 32.1. The number of fused-ring (bicyclic) bond motifs is 2. The summed E-state index contributed by atoms with van der Waals surface area (Å²) >= 11 is 1.72. The van der Waals surface area contributed by atoms with E-state index in [9.17, 15) is 14.4 Å². The average molecular weight is 676 g/mol. The van der Waals surface area contributed by atoms with Crippen molar-refractivity contribution in [1.82, 2.24) is 20.2 Å². The molecule has 1 atom stereocenters. The average Bonchev–Trinajstić information content (AvgIpc) is 3.67. The number of carbonyl (C=O) groups is 3. The van der Waals surface area contributed by atoms with Gasteiger partial charge in [-0.05, 0) is 90.9 Å². The van der Waals surface area contributed by atoms with E-state index in [4.69, 9.17) is 14.5 Å². The lowest BCUT2D eigenvalue weighted by Crippen LogP contribution is -2.52. The van der Waals surface area contributed by atoms with Crippen molar-refractivity contribution in [3.05, 3.63) is 95.2 Å². The van der Waals surface area contributed by atoms with Gasteiger partial charge in [-0.1, -0.05) is 24.3 Å². The fourth-order valence-electron chi connectivity index (χ4n) is 6.37. The fraction of sp³-hybridized carbons (Fsp3) is 0.289. The topological polar surface area (TPSA) is 123 Å². The number of carbonyl (C=O) groups excluding carboxylic acids is 3. The molecule has 0 bridgehead atoms. The van der Waals surface area contributed by atoms with Crippen LogP contribution in [0.3, 0.4) is 0 Å². The normalized spacial score (nSPS) is 15.8. The molecule has 0 saturated carbocycles. The molecule has 7 rings (SSSR count). The van der Waals surface area contributed by atoms with Gasteiger partial charge in [0.2, 0.25) is 11.8 Å². The number of thiazole rings is 1. The molecule has 0 aliphatic carbocycles. The Morgan fingerprint density at radius 1 is 0.959 bits per heavy atom. The van der Waals surface area contributed by atoms with Crippen molar-refractivity contribution in [1.29, 1.82) is 0 Å².